The van der Waals surface area contributed by atoms with Gasteiger partial charge in [0, 0.05) is 18.9 Å². The Labute approximate surface area is 176 Å². The number of hydrogen-bond acceptors (Lipinski definition) is 6. The Morgan fingerprint density at radius 1 is 1.20 bits per heavy atom. The van der Waals surface area contributed by atoms with Crippen molar-refractivity contribution in [2.24, 2.45) is 0 Å². The van der Waals surface area contributed by atoms with Gasteiger partial charge in [0.2, 0.25) is 15.9 Å². The molecule has 1 aliphatic rings. The van der Waals surface area contributed by atoms with Crippen molar-refractivity contribution in [2.45, 2.75) is 24.4 Å². The largest absolute Gasteiger partial charge is 0.495 e. The highest BCUT2D eigenvalue weighted by Gasteiger charge is 2.36. The lowest BCUT2D eigenvalue weighted by Crippen LogP contribution is -2.40. The van der Waals surface area contributed by atoms with Crippen LogP contribution < -0.4 is 10.1 Å². The van der Waals surface area contributed by atoms with Gasteiger partial charge in [-0.2, -0.15) is 4.31 Å². The van der Waals surface area contributed by atoms with Crippen molar-refractivity contribution >= 4 is 31.5 Å². The number of benzene rings is 2. The minimum atomic E-state index is -4.11. The van der Waals surface area contributed by atoms with Gasteiger partial charge >= 0.3 is 0 Å². The monoisotopic (exact) mass is 450 g/mol. The van der Waals surface area contributed by atoms with Gasteiger partial charge in [-0.05, 0) is 23.8 Å². The maximum atomic E-state index is 13.5. The second-order valence-corrected chi connectivity index (χ2v) is 10.6. The fourth-order valence-electron chi connectivity index (χ4n) is 3.15. The standard InChI is InChI=1S/C20H22N2O6S2/c1-15(23)21-19-12-18(8-9-20(19)28-2)30(26,27)22(13-16-6-4-3-5-7-16)17-10-11-29(24,25)14-17/h3-12,17H,13-14H2,1-2H3,(H,21,23)/t17-/m0/s1. The quantitative estimate of drug-likeness (QED) is 0.692. The van der Waals surface area contributed by atoms with Crippen molar-refractivity contribution < 1.29 is 26.4 Å². The van der Waals surface area contributed by atoms with E-state index in [0.29, 0.717) is 5.75 Å². The lowest BCUT2D eigenvalue weighted by Gasteiger charge is -2.27. The molecule has 1 heterocycles. The van der Waals surface area contributed by atoms with E-state index in [1.54, 1.807) is 24.3 Å². The molecule has 1 amide bonds. The number of sulfonamides is 1. The Kier molecular flexibility index (Phi) is 6.30. The molecule has 30 heavy (non-hydrogen) atoms. The third-order valence-corrected chi connectivity index (χ3v) is 7.80. The molecule has 160 valence electrons. The van der Waals surface area contributed by atoms with E-state index in [9.17, 15) is 21.6 Å². The summed E-state index contributed by atoms with van der Waals surface area (Å²) in [6, 6.07) is 12.2. The number of rotatable bonds is 7. The van der Waals surface area contributed by atoms with Crippen molar-refractivity contribution in [3.8, 4) is 5.75 Å². The normalized spacial score (nSPS) is 17.8. The lowest BCUT2D eigenvalue weighted by atomic mass is 10.2. The van der Waals surface area contributed by atoms with E-state index in [0.717, 1.165) is 15.3 Å². The molecule has 0 saturated carbocycles. The van der Waals surface area contributed by atoms with Crippen LogP contribution in [0.15, 0.2) is 64.9 Å². The molecule has 0 fully saturated rings. The van der Waals surface area contributed by atoms with Gasteiger partial charge in [0.1, 0.15) is 5.75 Å². The highest BCUT2D eigenvalue weighted by Crippen LogP contribution is 2.31. The Hall–Kier alpha value is -2.69. The van der Waals surface area contributed by atoms with Crippen LogP contribution in [0.2, 0.25) is 0 Å². The van der Waals surface area contributed by atoms with Crippen molar-refractivity contribution in [2.75, 3.05) is 18.2 Å². The first-order chi connectivity index (χ1) is 14.1. The van der Waals surface area contributed by atoms with Crippen molar-refractivity contribution in [1.82, 2.24) is 4.31 Å². The molecule has 1 aliphatic heterocycles. The zero-order valence-corrected chi connectivity index (χ0v) is 18.1. The number of carbonyl (C=O) groups excluding carboxylic acids is 1. The fraction of sp³-hybridized carbons (Fsp3) is 0.250. The van der Waals surface area contributed by atoms with Crippen LogP contribution >= 0.6 is 0 Å². The number of carbonyl (C=O) groups is 1. The molecule has 0 aliphatic carbocycles. The third kappa shape index (κ3) is 4.89. The van der Waals surface area contributed by atoms with Gasteiger partial charge in [-0.15, -0.1) is 0 Å². The van der Waals surface area contributed by atoms with Crippen LogP contribution in [0.25, 0.3) is 0 Å². The van der Waals surface area contributed by atoms with Crippen LogP contribution in [-0.2, 0) is 31.2 Å². The number of nitrogens with zero attached hydrogens (tertiary/aromatic N) is 1. The summed E-state index contributed by atoms with van der Waals surface area (Å²) in [5.74, 6) is -0.399. The zero-order chi connectivity index (χ0) is 21.9. The van der Waals surface area contributed by atoms with Crippen LogP contribution in [0.3, 0.4) is 0 Å². The summed E-state index contributed by atoms with van der Waals surface area (Å²) in [4.78, 5) is 11.4. The molecule has 0 spiro atoms. The lowest BCUT2D eigenvalue weighted by molar-refractivity contribution is -0.114. The molecule has 1 N–H and O–H groups in total. The van der Waals surface area contributed by atoms with Gasteiger partial charge in [0.05, 0.1) is 29.5 Å². The zero-order valence-electron chi connectivity index (χ0n) is 16.5. The Morgan fingerprint density at radius 2 is 1.90 bits per heavy atom. The molecular formula is C20H22N2O6S2. The minimum absolute atomic E-state index is 0.00476. The average Bonchev–Trinajstić information content (AvgIpc) is 3.05. The van der Waals surface area contributed by atoms with Crippen molar-refractivity contribution in [1.29, 1.82) is 0 Å². The minimum Gasteiger partial charge on any atom is -0.495 e. The summed E-state index contributed by atoms with van der Waals surface area (Å²) in [7, 11) is -6.17. The highest BCUT2D eigenvalue weighted by molar-refractivity contribution is 7.94. The van der Waals surface area contributed by atoms with Gasteiger partial charge in [-0.1, -0.05) is 36.4 Å². The van der Waals surface area contributed by atoms with Crippen molar-refractivity contribution in [3.05, 3.63) is 65.6 Å². The highest BCUT2D eigenvalue weighted by atomic mass is 32.2. The number of hydrogen-bond donors (Lipinski definition) is 1. The summed E-state index contributed by atoms with van der Waals surface area (Å²) < 4.78 is 57.3. The van der Waals surface area contributed by atoms with E-state index in [-0.39, 0.29) is 28.8 Å². The first-order valence-corrected chi connectivity index (χ1v) is 12.2. The molecule has 8 nitrogen and oxygen atoms in total. The molecule has 0 unspecified atom stereocenters. The topological polar surface area (TPSA) is 110 Å². The predicted molar refractivity (Wildman–Crippen MR) is 113 cm³/mol. The second kappa shape index (κ2) is 8.58. The second-order valence-electron chi connectivity index (χ2n) is 6.80. The van der Waals surface area contributed by atoms with Gasteiger partial charge in [-0.3, -0.25) is 4.79 Å². The number of methoxy groups -OCH3 is 1. The maximum absolute atomic E-state index is 13.5. The SMILES string of the molecule is COc1ccc(S(=O)(=O)N(Cc2ccccc2)[C@H]2C=CS(=O)(=O)C2)cc1NC(C)=O. The summed E-state index contributed by atoms with van der Waals surface area (Å²) in [6.45, 7) is 1.30. The third-order valence-electron chi connectivity index (χ3n) is 4.55. The molecule has 0 bridgehead atoms. The number of sulfone groups is 1. The van der Waals surface area contributed by atoms with Crippen LogP contribution in [-0.4, -0.2) is 46.0 Å². The van der Waals surface area contributed by atoms with Crippen LogP contribution in [0.1, 0.15) is 12.5 Å². The molecule has 1 atom stereocenters. The van der Waals surface area contributed by atoms with Gasteiger partial charge < -0.3 is 10.1 Å². The van der Waals surface area contributed by atoms with E-state index in [2.05, 4.69) is 5.32 Å². The molecule has 10 heteroatoms. The van der Waals surface area contributed by atoms with Crippen molar-refractivity contribution in [3.63, 3.8) is 0 Å². The summed E-state index contributed by atoms with van der Waals surface area (Å²) >= 11 is 0. The van der Waals surface area contributed by atoms with Crippen LogP contribution in [0, 0.1) is 0 Å². The molecule has 3 rings (SSSR count). The number of anilines is 1. The fourth-order valence-corrected chi connectivity index (χ4v) is 6.14. The molecular weight excluding hydrogens is 428 g/mol. The van der Waals surface area contributed by atoms with E-state index < -0.39 is 25.9 Å². The molecule has 0 aromatic heterocycles. The van der Waals surface area contributed by atoms with Gasteiger partial charge in [0.15, 0.2) is 9.84 Å². The summed E-state index contributed by atoms with van der Waals surface area (Å²) in [6.07, 6.45) is 1.38. The van der Waals surface area contributed by atoms with Crippen LogP contribution in [0.5, 0.6) is 5.75 Å². The van der Waals surface area contributed by atoms with E-state index in [4.69, 9.17) is 4.74 Å². The summed E-state index contributed by atoms with van der Waals surface area (Å²) in [5, 5.41) is 3.59. The average molecular weight is 451 g/mol. The Balaban J connectivity index is 2.05. The smallest absolute Gasteiger partial charge is 0.244 e. The molecule has 2 aromatic carbocycles. The van der Waals surface area contributed by atoms with E-state index in [1.807, 2.05) is 6.07 Å². The molecule has 0 radical (unpaired) electrons. The Morgan fingerprint density at radius 3 is 2.47 bits per heavy atom. The maximum Gasteiger partial charge on any atom is 0.244 e. The first-order valence-electron chi connectivity index (χ1n) is 9.05. The number of nitrogens with one attached hydrogen (secondary N) is 1. The predicted octanol–water partition coefficient (Wildman–Crippen LogP) is 2.16. The first kappa shape index (κ1) is 22.0. The van der Waals surface area contributed by atoms with Gasteiger partial charge in [-0.25, -0.2) is 16.8 Å². The Bertz CT molecular complexity index is 1180. The van der Waals surface area contributed by atoms with E-state index >= 15 is 0 Å². The summed E-state index contributed by atoms with van der Waals surface area (Å²) in [5.41, 5.74) is 0.926. The number of amides is 1. The molecule has 0 saturated heterocycles. The molecule has 2 aromatic rings. The number of ether oxygens (including phenoxy) is 1. The van der Waals surface area contributed by atoms with Crippen LogP contribution in [0.4, 0.5) is 5.69 Å². The van der Waals surface area contributed by atoms with Gasteiger partial charge in [0.25, 0.3) is 0 Å². The van der Waals surface area contributed by atoms with E-state index in [1.165, 1.54) is 38.3 Å².